The molecule has 0 aromatic heterocycles. The van der Waals surface area contributed by atoms with Gasteiger partial charge in [0.25, 0.3) is 0 Å². The summed E-state index contributed by atoms with van der Waals surface area (Å²) < 4.78 is 13.1. The lowest BCUT2D eigenvalue weighted by molar-refractivity contribution is 0.107. The number of carbonyl (C=O) groups is 1. The van der Waals surface area contributed by atoms with Crippen molar-refractivity contribution < 1.29 is 14.5 Å². The van der Waals surface area contributed by atoms with E-state index in [-0.39, 0.29) is 0 Å². The first kappa shape index (κ1) is 15.7. The zero-order valence-corrected chi connectivity index (χ0v) is 13.4. The topological polar surface area (TPSA) is 54.4 Å². The zero-order valence-electron chi connectivity index (χ0n) is 12.5. The standard InChI is InChI=1S/C17H19O3P/c1-12-9-13(2)16(14(3)10-12)17(19)21(20,11-18)15-7-5-4-6-8-15/h4-10,18H,11H2,1-3H3. The van der Waals surface area contributed by atoms with Gasteiger partial charge >= 0.3 is 0 Å². The number of hydrogen-bond acceptors (Lipinski definition) is 3. The maximum Gasteiger partial charge on any atom is 0.228 e. The maximum atomic E-state index is 13.1. The van der Waals surface area contributed by atoms with E-state index in [1.54, 1.807) is 30.3 Å². The van der Waals surface area contributed by atoms with Crippen molar-refractivity contribution in [1.29, 1.82) is 0 Å². The van der Waals surface area contributed by atoms with Crippen LogP contribution in [-0.2, 0) is 4.57 Å². The minimum Gasteiger partial charge on any atom is -0.388 e. The molecule has 0 bridgehead atoms. The van der Waals surface area contributed by atoms with E-state index >= 15 is 0 Å². The summed E-state index contributed by atoms with van der Waals surface area (Å²) in [5.41, 5.74) is 2.64. The molecule has 2 aromatic rings. The largest absolute Gasteiger partial charge is 0.388 e. The Balaban J connectivity index is 2.60. The number of benzene rings is 2. The third kappa shape index (κ3) is 2.85. The van der Waals surface area contributed by atoms with Gasteiger partial charge in [0.1, 0.15) is 6.35 Å². The highest BCUT2D eigenvalue weighted by Crippen LogP contribution is 2.47. The van der Waals surface area contributed by atoms with E-state index in [2.05, 4.69) is 0 Å². The van der Waals surface area contributed by atoms with Gasteiger partial charge in [0.15, 0.2) is 0 Å². The van der Waals surface area contributed by atoms with Crippen LogP contribution in [0, 0.1) is 20.8 Å². The predicted octanol–water partition coefficient (Wildman–Crippen LogP) is 3.39. The Morgan fingerprint density at radius 3 is 2.05 bits per heavy atom. The van der Waals surface area contributed by atoms with Gasteiger partial charge < -0.3 is 9.67 Å². The third-order valence-electron chi connectivity index (χ3n) is 3.59. The Kier molecular flexibility index (Phi) is 4.46. The van der Waals surface area contributed by atoms with E-state index in [1.807, 2.05) is 32.9 Å². The van der Waals surface area contributed by atoms with Gasteiger partial charge in [-0.1, -0.05) is 48.0 Å². The quantitative estimate of drug-likeness (QED) is 0.881. The Morgan fingerprint density at radius 1 is 1.05 bits per heavy atom. The highest BCUT2D eigenvalue weighted by Gasteiger charge is 2.35. The highest BCUT2D eigenvalue weighted by molar-refractivity contribution is 7.87. The summed E-state index contributed by atoms with van der Waals surface area (Å²) in [6.45, 7) is 5.62. The number of rotatable bonds is 4. The van der Waals surface area contributed by atoms with Crippen LogP contribution in [0.15, 0.2) is 42.5 Å². The van der Waals surface area contributed by atoms with Crippen molar-refractivity contribution in [1.82, 2.24) is 0 Å². The monoisotopic (exact) mass is 302 g/mol. The van der Waals surface area contributed by atoms with Crippen LogP contribution in [0.5, 0.6) is 0 Å². The van der Waals surface area contributed by atoms with E-state index in [0.717, 1.165) is 16.7 Å². The Morgan fingerprint density at radius 2 is 1.57 bits per heavy atom. The molecule has 0 aliphatic carbocycles. The first-order valence-corrected chi connectivity index (χ1v) is 8.67. The van der Waals surface area contributed by atoms with Crippen LogP contribution in [0.3, 0.4) is 0 Å². The first-order valence-electron chi connectivity index (χ1n) is 6.78. The second-order valence-corrected chi connectivity index (χ2v) is 7.98. The average Bonchev–Trinajstić information content (AvgIpc) is 2.46. The first-order chi connectivity index (χ1) is 9.90. The van der Waals surface area contributed by atoms with Crippen molar-refractivity contribution in [2.75, 3.05) is 6.35 Å². The van der Waals surface area contributed by atoms with Crippen molar-refractivity contribution in [3.05, 3.63) is 64.7 Å². The molecule has 1 unspecified atom stereocenters. The van der Waals surface area contributed by atoms with Crippen LogP contribution >= 0.6 is 7.14 Å². The summed E-state index contributed by atoms with van der Waals surface area (Å²) in [6, 6.07) is 12.3. The van der Waals surface area contributed by atoms with Crippen LogP contribution in [0.2, 0.25) is 0 Å². The molecule has 0 spiro atoms. The second kappa shape index (κ2) is 5.97. The minimum absolute atomic E-state index is 0.400. The Labute approximate surface area is 125 Å². The molecule has 0 radical (unpaired) electrons. The van der Waals surface area contributed by atoms with Gasteiger partial charge in [-0.3, -0.25) is 4.79 Å². The SMILES string of the molecule is Cc1cc(C)c(C(=O)P(=O)(CO)c2ccccc2)c(C)c1. The lowest BCUT2D eigenvalue weighted by Crippen LogP contribution is -2.17. The molecule has 1 atom stereocenters. The van der Waals surface area contributed by atoms with E-state index < -0.39 is 19.0 Å². The molecule has 0 amide bonds. The molecular weight excluding hydrogens is 283 g/mol. The van der Waals surface area contributed by atoms with E-state index in [4.69, 9.17) is 0 Å². The fraction of sp³-hybridized carbons (Fsp3) is 0.235. The van der Waals surface area contributed by atoms with E-state index in [9.17, 15) is 14.5 Å². The maximum absolute atomic E-state index is 13.1. The molecule has 0 saturated carbocycles. The summed E-state index contributed by atoms with van der Waals surface area (Å²) in [7, 11) is -3.52. The fourth-order valence-electron chi connectivity index (χ4n) is 2.63. The fourth-order valence-corrected chi connectivity index (χ4v) is 4.52. The smallest absolute Gasteiger partial charge is 0.228 e. The molecule has 4 heteroatoms. The van der Waals surface area contributed by atoms with Gasteiger partial charge in [-0.05, 0) is 31.9 Å². The zero-order chi connectivity index (χ0) is 15.6. The summed E-state index contributed by atoms with van der Waals surface area (Å²) in [5, 5.41) is 10.0. The van der Waals surface area contributed by atoms with Crippen molar-refractivity contribution in [2.24, 2.45) is 0 Å². The molecule has 0 fully saturated rings. The van der Waals surface area contributed by atoms with Gasteiger partial charge in [0.2, 0.25) is 12.7 Å². The van der Waals surface area contributed by atoms with Crippen LogP contribution in [-0.4, -0.2) is 17.0 Å². The summed E-state index contributed by atoms with van der Waals surface area (Å²) >= 11 is 0. The second-order valence-electron chi connectivity index (χ2n) is 5.30. The van der Waals surface area contributed by atoms with Crippen LogP contribution in [0.25, 0.3) is 0 Å². The van der Waals surface area contributed by atoms with Crippen molar-refractivity contribution >= 4 is 18.0 Å². The Bertz CT molecular complexity index is 697. The van der Waals surface area contributed by atoms with E-state index in [0.29, 0.717) is 10.9 Å². The van der Waals surface area contributed by atoms with Crippen LogP contribution in [0.1, 0.15) is 27.0 Å². The lowest BCUT2D eigenvalue weighted by atomic mass is 10.0. The number of aryl methyl sites for hydroxylation is 3. The van der Waals surface area contributed by atoms with Gasteiger partial charge in [-0.15, -0.1) is 0 Å². The van der Waals surface area contributed by atoms with E-state index in [1.165, 1.54) is 0 Å². The van der Waals surface area contributed by atoms with Gasteiger partial charge in [-0.2, -0.15) is 0 Å². The molecule has 110 valence electrons. The number of aliphatic hydroxyl groups is 1. The third-order valence-corrected chi connectivity index (χ3v) is 6.00. The van der Waals surface area contributed by atoms with Crippen molar-refractivity contribution in [2.45, 2.75) is 20.8 Å². The predicted molar refractivity (Wildman–Crippen MR) is 85.8 cm³/mol. The number of aliphatic hydroxyl groups excluding tert-OH is 1. The molecule has 2 rings (SSSR count). The van der Waals surface area contributed by atoms with Crippen molar-refractivity contribution in [3.8, 4) is 0 Å². The average molecular weight is 302 g/mol. The molecule has 3 nitrogen and oxygen atoms in total. The molecule has 0 aliphatic rings. The van der Waals surface area contributed by atoms with Gasteiger partial charge in [0.05, 0.1) is 0 Å². The van der Waals surface area contributed by atoms with Crippen molar-refractivity contribution in [3.63, 3.8) is 0 Å². The molecule has 2 aromatic carbocycles. The highest BCUT2D eigenvalue weighted by atomic mass is 31.2. The summed E-state index contributed by atoms with van der Waals surface area (Å²) in [6.07, 6.45) is -0.650. The van der Waals surface area contributed by atoms with Crippen LogP contribution in [0.4, 0.5) is 0 Å². The molecule has 21 heavy (non-hydrogen) atoms. The molecule has 1 N–H and O–H groups in total. The van der Waals surface area contributed by atoms with Gasteiger partial charge in [-0.25, -0.2) is 0 Å². The summed E-state index contributed by atoms with van der Waals surface area (Å²) in [4.78, 5) is 12.8. The minimum atomic E-state index is -3.52. The lowest BCUT2D eigenvalue weighted by Gasteiger charge is -2.18. The Hall–Kier alpha value is -1.70. The molecule has 0 saturated heterocycles. The molecular formula is C17H19O3P. The van der Waals surface area contributed by atoms with Crippen LogP contribution < -0.4 is 5.30 Å². The normalized spacial score (nSPS) is 13.7. The molecule has 0 aliphatic heterocycles. The van der Waals surface area contributed by atoms with Gasteiger partial charge in [0, 0.05) is 10.9 Å². The molecule has 0 heterocycles. The number of hydrogen-bond donors (Lipinski definition) is 1. The summed E-state index contributed by atoms with van der Waals surface area (Å²) in [5.74, 6) is 0. The number of carbonyl (C=O) groups excluding carboxylic acids is 1.